The lowest BCUT2D eigenvalue weighted by atomic mass is 9.70. The summed E-state index contributed by atoms with van der Waals surface area (Å²) < 4.78 is 18.0. The molecule has 2 fully saturated rings. The summed E-state index contributed by atoms with van der Waals surface area (Å²) >= 11 is 7.00. The molecule has 1 saturated carbocycles. The molecule has 4 heterocycles. The highest BCUT2D eigenvalue weighted by atomic mass is 35.5. The number of rotatable bonds is 3. The topological polar surface area (TPSA) is 109 Å². The van der Waals surface area contributed by atoms with Crippen molar-refractivity contribution in [1.82, 2.24) is 19.7 Å². The van der Waals surface area contributed by atoms with E-state index in [1.165, 1.54) is 0 Å². The van der Waals surface area contributed by atoms with Gasteiger partial charge in [-0.2, -0.15) is 5.10 Å². The van der Waals surface area contributed by atoms with Crippen LogP contribution in [0.25, 0.3) is 11.1 Å². The van der Waals surface area contributed by atoms with E-state index in [1.54, 1.807) is 34.1 Å². The van der Waals surface area contributed by atoms with E-state index in [2.05, 4.69) is 15.4 Å². The molecular weight excluding hydrogens is 507 g/mol. The number of nitrogens with one attached hydrogen (secondary N) is 1. The van der Waals surface area contributed by atoms with E-state index >= 15 is 4.39 Å². The Bertz CT molecular complexity index is 1400. The Balaban J connectivity index is 1.40. The first-order valence-electron chi connectivity index (χ1n) is 13.3. The zero-order valence-corrected chi connectivity index (χ0v) is 22.1. The Hall–Kier alpha value is -3.17. The van der Waals surface area contributed by atoms with Crippen molar-refractivity contribution in [2.75, 3.05) is 24.1 Å². The molecule has 38 heavy (non-hydrogen) atoms. The van der Waals surface area contributed by atoms with E-state index in [0.717, 1.165) is 43.2 Å². The molecule has 8 nitrogen and oxygen atoms in total. The molecule has 0 bridgehead atoms. The van der Waals surface area contributed by atoms with Gasteiger partial charge in [-0.25, -0.2) is 9.37 Å². The number of amides is 1. The number of nitrogens with two attached hydrogens (primary N) is 1. The van der Waals surface area contributed by atoms with Crippen LogP contribution in [0.3, 0.4) is 0 Å². The first-order valence-corrected chi connectivity index (χ1v) is 13.7. The van der Waals surface area contributed by atoms with Crippen molar-refractivity contribution in [1.29, 1.82) is 0 Å². The lowest BCUT2D eigenvalue weighted by Crippen LogP contribution is -2.39. The van der Waals surface area contributed by atoms with Crippen molar-refractivity contribution in [3.05, 3.63) is 58.3 Å². The minimum Gasteiger partial charge on any atom is -0.398 e. The molecule has 0 radical (unpaired) electrons. The molecule has 1 saturated heterocycles. The maximum absolute atomic E-state index is 16.3. The third kappa shape index (κ3) is 4.03. The van der Waals surface area contributed by atoms with Crippen LogP contribution in [0.4, 0.5) is 15.9 Å². The van der Waals surface area contributed by atoms with Gasteiger partial charge in [-0.05, 0) is 57.1 Å². The van der Waals surface area contributed by atoms with E-state index in [1.807, 2.05) is 13.2 Å². The van der Waals surface area contributed by atoms with Gasteiger partial charge in [0.25, 0.3) is 5.91 Å². The van der Waals surface area contributed by atoms with E-state index in [9.17, 15) is 9.90 Å². The van der Waals surface area contributed by atoms with Gasteiger partial charge >= 0.3 is 0 Å². The number of carbonyl (C=O) groups is 1. The molecule has 10 heteroatoms. The summed E-state index contributed by atoms with van der Waals surface area (Å²) in [5.41, 5.74) is 8.39. The van der Waals surface area contributed by atoms with Crippen LogP contribution in [0.15, 0.2) is 30.7 Å². The quantitative estimate of drug-likeness (QED) is 0.412. The maximum Gasteiger partial charge on any atom is 0.259 e. The molecule has 3 aliphatic rings. The number of likely N-dealkylation sites (tertiary alicyclic amines) is 1. The number of pyridine rings is 1. The predicted octanol–water partition coefficient (Wildman–Crippen LogP) is 4.82. The number of halogens is 2. The molecule has 1 atom stereocenters. The number of hydrogen-bond acceptors (Lipinski definition) is 6. The monoisotopic (exact) mass is 538 g/mol. The van der Waals surface area contributed by atoms with Gasteiger partial charge in [0.1, 0.15) is 11.6 Å². The second-order valence-electron chi connectivity index (χ2n) is 10.9. The molecule has 2 aromatic heterocycles. The number of aliphatic hydroxyl groups is 1. The van der Waals surface area contributed by atoms with Crippen LogP contribution in [-0.2, 0) is 12.5 Å². The van der Waals surface area contributed by atoms with Gasteiger partial charge in [0.2, 0.25) is 0 Å². The van der Waals surface area contributed by atoms with Gasteiger partial charge in [0, 0.05) is 65.9 Å². The van der Waals surface area contributed by atoms with Crippen molar-refractivity contribution in [3.63, 3.8) is 0 Å². The number of nitrogen functional groups attached to an aromatic ring is 1. The van der Waals surface area contributed by atoms with Gasteiger partial charge in [-0.1, -0.05) is 11.6 Å². The van der Waals surface area contributed by atoms with E-state index in [0.29, 0.717) is 42.3 Å². The molecule has 6 rings (SSSR count). The Morgan fingerprint density at radius 3 is 2.74 bits per heavy atom. The zero-order chi connectivity index (χ0) is 26.6. The highest BCUT2D eigenvalue weighted by Crippen LogP contribution is 2.51. The Labute approximate surface area is 226 Å². The number of piperidine rings is 1. The number of hydrogen-bond donors (Lipinski definition) is 3. The third-order valence-electron chi connectivity index (χ3n) is 8.60. The summed E-state index contributed by atoms with van der Waals surface area (Å²) in [5, 5.41) is 18.1. The average Bonchev–Trinajstić information content (AvgIpc) is 3.51. The zero-order valence-electron chi connectivity index (χ0n) is 21.4. The fourth-order valence-corrected chi connectivity index (χ4v) is 6.95. The number of aromatic nitrogens is 3. The van der Waals surface area contributed by atoms with Crippen LogP contribution in [-0.4, -0.2) is 49.9 Å². The summed E-state index contributed by atoms with van der Waals surface area (Å²) in [6.07, 6.45) is 10.4. The van der Waals surface area contributed by atoms with Crippen LogP contribution in [0.5, 0.6) is 0 Å². The normalized spacial score (nSPS) is 24.9. The average molecular weight is 539 g/mol. The molecule has 1 spiro atoms. The van der Waals surface area contributed by atoms with Crippen LogP contribution >= 0.6 is 11.6 Å². The van der Waals surface area contributed by atoms with Gasteiger partial charge in [0.15, 0.2) is 0 Å². The van der Waals surface area contributed by atoms with Crippen LogP contribution < -0.4 is 11.1 Å². The minimum absolute atomic E-state index is 0.0939. The van der Waals surface area contributed by atoms with E-state index < -0.39 is 11.7 Å². The van der Waals surface area contributed by atoms with Crippen molar-refractivity contribution in [2.45, 2.75) is 62.5 Å². The summed E-state index contributed by atoms with van der Waals surface area (Å²) in [7, 11) is 1.84. The Kier molecular flexibility index (Phi) is 6.31. The standard InChI is InChI=1S/C28H32ClFN6O2/c1-35-14-16(12-34-35)21-4-2-3-11-36(21)27(38)22-20(31)6-5-18(25(22)30)19-13-32-26-23(24(19)29)28(15-33-26)9-7-17(37)8-10-28/h5-6,12-14,17,21,37H,2-4,7-11,15,31H2,1H3,(H,32,33). The van der Waals surface area contributed by atoms with Crippen molar-refractivity contribution >= 4 is 29.0 Å². The largest absolute Gasteiger partial charge is 0.398 e. The lowest BCUT2D eigenvalue weighted by Gasteiger charge is -2.36. The molecule has 1 aliphatic carbocycles. The van der Waals surface area contributed by atoms with Crippen molar-refractivity contribution in [3.8, 4) is 11.1 Å². The predicted molar refractivity (Wildman–Crippen MR) is 145 cm³/mol. The minimum atomic E-state index is -0.687. The molecule has 3 aromatic rings. The SMILES string of the molecule is Cn1cc(C2CCCCN2C(=O)c2c(N)ccc(-c3cnc4c(c3Cl)C3(CCC(O)CC3)CN4)c2F)cn1. The highest BCUT2D eigenvalue weighted by molar-refractivity contribution is 6.34. The number of carbonyl (C=O) groups excluding carboxylic acids is 1. The number of nitrogens with zero attached hydrogens (tertiary/aromatic N) is 4. The van der Waals surface area contributed by atoms with Gasteiger partial charge in [-0.15, -0.1) is 0 Å². The number of aliphatic hydroxyl groups excluding tert-OH is 1. The van der Waals surface area contributed by atoms with E-state index in [-0.39, 0.29) is 34.4 Å². The van der Waals surface area contributed by atoms with E-state index in [4.69, 9.17) is 17.3 Å². The summed E-state index contributed by atoms with van der Waals surface area (Å²) in [6.45, 7) is 1.20. The molecule has 4 N–H and O–H groups in total. The van der Waals surface area contributed by atoms with Crippen LogP contribution in [0.2, 0.25) is 5.02 Å². The summed E-state index contributed by atoms with van der Waals surface area (Å²) in [5.74, 6) is -0.414. The smallest absolute Gasteiger partial charge is 0.259 e. The molecule has 1 aromatic carbocycles. The Morgan fingerprint density at radius 1 is 1.21 bits per heavy atom. The molecule has 1 amide bonds. The second-order valence-corrected chi connectivity index (χ2v) is 11.3. The second kappa shape index (κ2) is 9.54. The van der Waals surface area contributed by atoms with Crippen LogP contribution in [0.1, 0.15) is 72.5 Å². The highest BCUT2D eigenvalue weighted by Gasteiger charge is 2.44. The third-order valence-corrected chi connectivity index (χ3v) is 9.00. The number of anilines is 2. The van der Waals surface area contributed by atoms with Gasteiger partial charge in [0.05, 0.1) is 28.9 Å². The lowest BCUT2D eigenvalue weighted by molar-refractivity contribution is 0.0608. The maximum atomic E-state index is 16.3. The summed E-state index contributed by atoms with van der Waals surface area (Å²) in [4.78, 5) is 20.2. The summed E-state index contributed by atoms with van der Waals surface area (Å²) in [6, 6.07) is 2.96. The molecular formula is C28H32ClFN6O2. The first kappa shape index (κ1) is 25.1. The van der Waals surface area contributed by atoms with Crippen molar-refractivity contribution < 1.29 is 14.3 Å². The Morgan fingerprint density at radius 2 is 2.00 bits per heavy atom. The number of benzene rings is 1. The van der Waals surface area contributed by atoms with Crippen molar-refractivity contribution in [2.24, 2.45) is 7.05 Å². The number of fused-ring (bicyclic) bond motifs is 2. The first-order chi connectivity index (χ1) is 18.3. The molecule has 2 aliphatic heterocycles. The number of aryl methyl sites for hydroxylation is 1. The molecule has 1 unspecified atom stereocenters. The fourth-order valence-electron chi connectivity index (χ4n) is 6.51. The van der Waals surface area contributed by atoms with Gasteiger partial charge < -0.3 is 21.1 Å². The van der Waals surface area contributed by atoms with Gasteiger partial charge in [-0.3, -0.25) is 9.48 Å². The van der Waals surface area contributed by atoms with Crippen LogP contribution in [0, 0.1) is 5.82 Å². The molecule has 200 valence electrons. The fraction of sp³-hybridized carbons (Fsp3) is 0.464.